The molecule has 2 aromatic rings. The van der Waals surface area contributed by atoms with Crippen molar-refractivity contribution in [3.05, 3.63) is 33.0 Å². The predicted octanol–water partition coefficient (Wildman–Crippen LogP) is 2.46. The van der Waals surface area contributed by atoms with Gasteiger partial charge in [0.15, 0.2) is 5.13 Å². The summed E-state index contributed by atoms with van der Waals surface area (Å²) in [5, 5.41) is 16.5. The largest absolute Gasteiger partial charge is 0.480 e. The van der Waals surface area contributed by atoms with Gasteiger partial charge in [0.2, 0.25) is 0 Å². The molecule has 0 saturated carbocycles. The number of carbonyl (C=O) groups is 1. The lowest BCUT2D eigenvalue weighted by Crippen LogP contribution is -2.20. The van der Waals surface area contributed by atoms with Gasteiger partial charge in [-0.1, -0.05) is 6.92 Å². The fourth-order valence-corrected chi connectivity index (χ4v) is 3.29. The lowest BCUT2D eigenvalue weighted by atomic mass is 10.2. The van der Waals surface area contributed by atoms with Crippen LogP contribution in [0.5, 0.6) is 0 Å². The van der Waals surface area contributed by atoms with E-state index in [-0.39, 0.29) is 0 Å². The van der Waals surface area contributed by atoms with Gasteiger partial charge in [0, 0.05) is 10.3 Å². The van der Waals surface area contributed by atoms with Gasteiger partial charge in [-0.2, -0.15) is 0 Å². The average molecular weight is 297 g/mol. The minimum Gasteiger partial charge on any atom is -0.480 e. The first kappa shape index (κ1) is 14.0. The molecule has 1 unspecified atom stereocenters. The topological polar surface area (TPSA) is 88.2 Å². The van der Waals surface area contributed by atoms with Crippen molar-refractivity contribution in [1.82, 2.24) is 4.98 Å². The normalized spacial score (nSPS) is 12.3. The van der Waals surface area contributed by atoms with Crippen LogP contribution in [0.3, 0.4) is 0 Å². The van der Waals surface area contributed by atoms with Crippen LogP contribution in [-0.2, 0) is 17.8 Å². The number of nitrogens with zero attached hydrogens (tertiary/aromatic N) is 1. The third kappa shape index (κ3) is 3.31. The Hall–Kier alpha value is -1.44. The number of aryl methyl sites for hydroxylation is 1. The minimum atomic E-state index is -1.07. The van der Waals surface area contributed by atoms with Crippen LogP contribution in [0.1, 0.15) is 29.1 Å². The lowest BCUT2D eigenvalue weighted by molar-refractivity contribution is -0.138. The maximum absolute atomic E-state index is 10.8. The SMILES string of the molecule is CCc1ccsc1CNc1nc(C(N)C(=O)O)cs1. The Morgan fingerprint density at radius 2 is 2.37 bits per heavy atom. The maximum atomic E-state index is 10.8. The van der Waals surface area contributed by atoms with Crippen molar-refractivity contribution in [2.24, 2.45) is 5.73 Å². The Kier molecular flexibility index (Phi) is 4.52. The van der Waals surface area contributed by atoms with Gasteiger partial charge in [-0.15, -0.1) is 22.7 Å². The summed E-state index contributed by atoms with van der Waals surface area (Å²) in [6.45, 7) is 2.83. The molecule has 102 valence electrons. The summed E-state index contributed by atoms with van der Waals surface area (Å²) >= 11 is 3.08. The summed E-state index contributed by atoms with van der Waals surface area (Å²) in [5.74, 6) is -1.07. The van der Waals surface area contributed by atoms with Crippen molar-refractivity contribution in [3.8, 4) is 0 Å². The zero-order valence-corrected chi connectivity index (χ0v) is 12.1. The van der Waals surface area contributed by atoms with Gasteiger partial charge in [-0.3, -0.25) is 4.79 Å². The summed E-state index contributed by atoms with van der Waals surface area (Å²) < 4.78 is 0. The zero-order chi connectivity index (χ0) is 13.8. The molecule has 5 nitrogen and oxygen atoms in total. The van der Waals surface area contributed by atoms with Crippen LogP contribution in [-0.4, -0.2) is 16.1 Å². The highest BCUT2D eigenvalue weighted by molar-refractivity contribution is 7.13. The van der Waals surface area contributed by atoms with E-state index in [1.807, 2.05) is 0 Å². The highest BCUT2D eigenvalue weighted by Gasteiger charge is 2.17. The molecule has 1 atom stereocenters. The number of nitrogens with one attached hydrogen (secondary N) is 1. The number of thiazole rings is 1. The van der Waals surface area contributed by atoms with Crippen molar-refractivity contribution in [1.29, 1.82) is 0 Å². The summed E-state index contributed by atoms with van der Waals surface area (Å²) in [6, 6.07) is 1.06. The quantitative estimate of drug-likeness (QED) is 0.762. The molecule has 2 heterocycles. The second-order valence-electron chi connectivity index (χ2n) is 3.97. The molecule has 0 spiro atoms. The fourth-order valence-electron chi connectivity index (χ4n) is 1.63. The monoisotopic (exact) mass is 297 g/mol. The van der Waals surface area contributed by atoms with E-state index in [0.717, 1.165) is 6.42 Å². The van der Waals surface area contributed by atoms with E-state index >= 15 is 0 Å². The molecule has 0 aromatic carbocycles. The molecular formula is C12H15N3O2S2. The van der Waals surface area contributed by atoms with Gasteiger partial charge < -0.3 is 16.2 Å². The molecule has 0 aliphatic heterocycles. The molecule has 2 aromatic heterocycles. The van der Waals surface area contributed by atoms with Crippen molar-refractivity contribution < 1.29 is 9.90 Å². The number of carboxylic acids is 1. The minimum absolute atomic E-state index is 0.391. The average Bonchev–Trinajstić information content (AvgIpc) is 3.03. The predicted molar refractivity (Wildman–Crippen MR) is 77.7 cm³/mol. The molecule has 0 aliphatic carbocycles. The molecule has 0 saturated heterocycles. The maximum Gasteiger partial charge on any atom is 0.326 e. The molecule has 0 radical (unpaired) electrons. The van der Waals surface area contributed by atoms with E-state index in [1.165, 1.54) is 21.8 Å². The Labute approximate surface area is 119 Å². The van der Waals surface area contributed by atoms with Crippen molar-refractivity contribution in [2.45, 2.75) is 25.9 Å². The van der Waals surface area contributed by atoms with Crippen LogP contribution in [0.4, 0.5) is 5.13 Å². The first-order chi connectivity index (χ1) is 9.11. The second-order valence-corrected chi connectivity index (χ2v) is 5.83. The van der Waals surface area contributed by atoms with Gasteiger partial charge >= 0.3 is 5.97 Å². The van der Waals surface area contributed by atoms with Crippen molar-refractivity contribution >= 4 is 33.8 Å². The third-order valence-electron chi connectivity index (χ3n) is 2.73. The van der Waals surface area contributed by atoms with Gasteiger partial charge in [0.25, 0.3) is 0 Å². The second kappa shape index (κ2) is 6.14. The third-order valence-corrected chi connectivity index (χ3v) is 4.51. The molecule has 4 N–H and O–H groups in total. The molecular weight excluding hydrogens is 282 g/mol. The number of rotatable bonds is 6. The van der Waals surface area contributed by atoms with Crippen LogP contribution < -0.4 is 11.1 Å². The highest BCUT2D eigenvalue weighted by Crippen LogP contribution is 2.23. The number of aromatic nitrogens is 1. The van der Waals surface area contributed by atoms with Crippen molar-refractivity contribution in [3.63, 3.8) is 0 Å². The van der Waals surface area contributed by atoms with Crippen molar-refractivity contribution in [2.75, 3.05) is 5.32 Å². The number of aliphatic carboxylic acids is 1. The molecule has 0 fully saturated rings. The van der Waals surface area contributed by atoms with Crippen LogP contribution in [0.2, 0.25) is 0 Å². The number of carboxylic acid groups (broad SMARTS) is 1. The van der Waals surface area contributed by atoms with Gasteiger partial charge in [0.05, 0.1) is 12.2 Å². The first-order valence-corrected chi connectivity index (χ1v) is 7.60. The van der Waals surface area contributed by atoms with Crippen LogP contribution >= 0.6 is 22.7 Å². The van der Waals surface area contributed by atoms with Gasteiger partial charge in [-0.05, 0) is 23.4 Å². The summed E-state index contributed by atoms with van der Waals surface area (Å²) in [5.41, 5.74) is 7.23. The van der Waals surface area contributed by atoms with E-state index in [1.54, 1.807) is 16.7 Å². The smallest absolute Gasteiger partial charge is 0.326 e. The van der Waals surface area contributed by atoms with E-state index in [4.69, 9.17) is 10.8 Å². The first-order valence-electron chi connectivity index (χ1n) is 5.84. The van der Waals surface area contributed by atoms with Crippen LogP contribution in [0.25, 0.3) is 0 Å². The summed E-state index contributed by atoms with van der Waals surface area (Å²) in [7, 11) is 0. The molecule has 7 heteroatoms. The number of hydrogen-bond donors (Lipinski definition) is 3. The summed E-state index contributed by atoms with van der Waals surface area (Å²) in [6.07, 6.45) is 1.01. The number of thiophene rings is 1. The van der Waals surface area contributed by atoms with Gasteiger partial charge in [-0.25, -0.2) is 4.98 Å². The highest BCUT2D eigenvalue weighted by atomic mass is 32.1. The molecule has 0 amide bonds. The number of anilines is 1. The summed E-state index contributed by atoms with van der Waals surface area (Å²) in [4.78, 5) is 16.2. The molecule has 0 aliphatic rings. The van der Waals surface area contributed by atoms with Crippen LogP contribution in [0.15, 0.2) is 16.8 Å². The molecule has 19 heavy (non-hydrogen) atoms. The number of nitrogens with two attached hydrogens (primary N) is 1. The zero-order valence-electron chi connectivity index (χ0n) is 10.4. The van der Waals surface area contributed by atoms with E-state index in [9.17, 15) is 4.79 Å². The molecule has 0 bridgehead atoms. The number of hydrogen-bond acceptors (Lipinski definition) is 6. The Bertz CT molecular complexity index is 565. The fraction of sp³-hybridized carbons (Fsp3) is 0.333. The van der Waals surface area contributed by atoms with E-state index < -0.39 is 12.0 Å². The molecule has 2 rings (SSSR count). The van der Waals surface area contributed by atoms with Gasteiger partial charge in [0.1, 0.15) is 6.04 Å². The Balaban J connectivity index is 1.99. The lowest BCUT2D eigenvalue weighted by Gasteiger charge is -2.03. The Morgan fingerprint density at radius 1 is 1.58 bits per heavy atom. The Morgan fingerprint density at radius 3 is 3.05 bits per heavy atom. The van der Waals surface area contributed by atoms with E-state index in [0.29, 0.717) is 17.4 Å². The standard InChI is InChI=1S/C12H15N3O2S2/c1-2-7-3-4-18-9(7)5-14-12-15-8(6-19-12)10(13)11(16)17/h3-4,6,10H,2,5,13H2,1H3,(H,14,15)(H,16,17). The van der Waals surface area contributed by atoms with E-state index in [2.05, 4.69) is 28.7 Å². The van der Waals surface area contributed by atoms with Crippen LogP contribution in [0, 0.1) is 0 Å².